The zero-order chi connectivity index (χ0) is 14.8. The van der Waals surface area contributed by atoms with Crippen LogP contribution in [-0.2, 0) is 9.53 Å². The number of hydrogen-bond acceptors (Lipinski definition) is 3. The smallest absolute Gasteiger partial charge is 0.309 e. The molecule has 2 heterocycles. The average Bonchev–Trinajstić information content (AvgIpc) is 2.97. The number of aromatic nitrogens is 1. The Labute approximate surface area is 124 Å². The lowest BCUT2D eigenvalue weighted by Crippen LogP contribution is -2.43. The number of piperidine rings is 1. The van der Waals surface area contributed by atoms with E-state index < -0.39 is 0 Å². The fourth-order valence-corrected chi connectivity index (χ4v) is 3.65. The van der Waals surface area contributed by atoms with Crippen LogP contribution in [0.2, 0.25) is 0 Å². The van der Waals surface area contributed by atoms with Gasteiger partial charge in [-0.25, -0.2) is 0 Å². The minimum absolute atomic E-state index is 0.0140. The van der Waals surface area contributed by atoms with Gasteiger partial charge in [-0.15, -0.1) is 0 Å². The van der Waals surface area contributed by atoms with Crippen molar-refractivity contribution in [1.29, 1.82) is 0 Å². The molecule has 3 atom stereocenters. The van der Waals surface area contributed by atoms with E-state index in [0.717, 1.165) is 24.9 Å². The maximum atomic E-state index is 12.1. The first-order chi connectivity index (χ1) is 10.3. The van der Waals surface area contributed by atoms with E-state index in [1.807, 2.05) is 6.07 Å². The van der Waals surface area contributed by atoms with Crippen molar-refractivity contribution >= 4 is 16.9 Å². The maximum absolute atomic E-state index is 12.1. The number of esters is 1. The van der Waals surface area contributed by atoms with Crippen LogP contribution in [0.25, 0.3) is 10.9 Å². The highest BCUT2D eigenvalue weighted by Gasteiger charge is 2.38. The van der Waals surface area contributed by atoms with Crippen molar-refractivity contribution in [3.63, 3.8) is 0 Å². The van der Waals surface area contributed by atoms with Crippen molar-refractivity contribution in [1.82, 2.24) is 10.3 Å². The third kappa shape index (κ3) is 2.44. The number of rotatable bonds is 3. The van der Waals surface area contributed by atoms with Crippen molar-refractivity contribution < 1.29 is 9.53 Å². The molecule has 2 aromatic rings. The number of carbonyl (C=O) groups excluding carboxylic acids is 1. The Bertz CT molecular complexity index is 635. The zero-order valence-corrected chi connectivity index (χ0v) is 12.6. The van der Waals surface area contributed by atoms with E-state index in [1.165, 1.54) is 18.1 Å². The molecule has 0 saturated carbocycles. The quantitative estimate of drug-likeness (QED) is 0.853. The predicted molar refractivity (Wildman–Crippen MR) is 82.9 cm³/mol. The maximum Gasteiger partial charge on any atom is 0.309 e. The summed E-state index contributed by atoms with van der Waals surface area (Å²) in [6.07, 6.45) is 3.88. The Balaban J connectivity index is 1.98. The number of nitrogens with one attached hydrogen (secondary N) is 2. The van der Waals surface area contributed by atoms with Gasteiger partial charge in [0, 0.05) is 23.1 Å². The van der Waals surface area contributed by atoms with Crippen molar-refractivity contribution in [2.24, 2.45) is 11.8 Å². The number of methoxy groups -OCH3 is 1. The molecule has 112 valence electrons. The lowest BCUT2D eigenvalue weighted by Gasteiger charge is -2.37. The van der Waals surface area contributed by atoms with Crippen LogP contribution in [-0.4, -0.2) is 24.6 Å². The highest BCUT2D eigenvalue weighted by atomic mass is 16.5. The van der Waals surface area contributed by atoms with E-state index >= 15 is 0 Å². The molecule has 0 amide bonds. The van der Waals surface area contributed by atoms with Gasteiger partial charge in [-0.1, -0.05) is 31.5 Å². The third-order valence-corrected chi connectivity index (χ3v) is 4.70. The van der Waals surface area contributed by atoms with Crippen LogP contribution in [0.4, 0.5) is 0 Å². The molecule has 3 rings (SSSR count). The average molecular weight is 286 g/mol. The molecule has 1 aliphatic heterocycles. The van der Waals surface area contributed by atoms with Gasteiger partial charge in [0.1, 0.15) is 0 Å². The molecule has 0 spiro atoms. The second kappa shape index (κ2) is 5.90. The van der Waals surface area contributed by atoms with Crippen LogP contribution in [0.1, 0.15) is 31.4 Å². The van der Waals surface area contributed by atoms with Crippen molar-refractivity contribution in [2.45, 2.75) is 25.8 Å². The summed E-state index contributed by atoms with van der Waals surface area (Å²) >= 11 is 0. The first kappa shape index (κ1) is 14.1. The number of ether oxygens (including phenoxy) is 1. The van der Waals surface area contributed by atoms with Crippen LogP contribution in [0.15, 0.2) is 30.5 Å². The molecule has 0 unspecified atom stereocenters. The van der Waals surface area contributed by atoms with Crippen LogP contribution in [0, 0.1) is 11.8 Å². The van der Waals surface area contributed by atoms with Gasteiger partial charge in [0.25, 0.3) is 0 Å². The summed E-state index contributed by atoms with van der Waals surface area (Å²) in [6.45, 7) is 3.00. The van der Waals surface area contributed by atoms with Crippen LogP contribution in [0.3, 0.4) is 0 Å². The van der Waals surface area contributed by atoms with Crippen molar-refractivity contribution in [2.75, 3.05) is 13.7 Å². The van der Waals surface area contributed by atoms with Gasteiger partial charge in [0.2, 0.25) is 0 Å². The molecule has 1 aromatic carbocycles. The predicted octanol–water partition coefficient (Wildman–Crippen LogP) is 3.02. The molecule has 0 bridgehead atoms. The summed E-state index contributed by atoms with van der Waals surface area (Å²) in [5.41, 5.74) is 2.40. The number of aromatic amines is 1. The molecule has 1 aliphatic rings. The molecule has 1 fully saturated rings. The van der Waals surface area contributed by atoms with Gasteiger partial charge in [0.05, 0.1) is 13.0 Å². The van der Waals surface area contributed by atoms with Crippen LogP contribution >= 0.6 is 0 Å². The molecule has 2 N–H and O–H groups in total. The highest BCUT2D eigenvalue weighted by molar-refractivity contribution is 5.84. The highest BCUT2D eigenvalue weighted by Crippen LogP contribution is 2.39. The number of carbonyl (C=O) groups is 1. The van der Waals surface area contributed by atoms with Crippen molar-refractivity contribution in [3.05, 3.63) is 36.0 Å². The van der Waals surface area contributed by atoms with E-state index in [1.54, 1.807) is 0 Å². The number of fused-ring (bicyclic) bond motifs is 1. The zero-order valence-electron chi connectivity index (χ0n) is 12.6. The topological polar surface area (TPSA) is 54.1 Å². The van der Waals surface area contributed by atoms with E-state index in [2.05, 4.69) is 41.6 Å². The number of hydrogen-bond donors (Lipinski definition) is 2. The molecule has 1 aromatic heterocycles. The summed E-state index contributed by atoms with van der Waals surface area (Å²) in [7, 11) is 1.48. The fraction of sp³-hybridized carbons (Fsp3) is 0.471. The molecule has 0 aliphatic carbocycles. The summed E-state index contributed by atoms with van der Waals surface area (Å²) in [5, 5.41) is 4.83. The summed E-state index contributed by atoms with van der Waals surface area (Å²) in [6, 6.07) is 8.51. The monoisotopic (exact) mass is 286 g/mol. The van der Waals surface area contributed by atoms with Gasteiger partial charge in [0.15, 0.2) is 0 Å². The fourth-order valence-electron chi connectivity index (χ4n) is 3.65. The van der Waals surface area contributed by atoms with E-state index in [9.17, 15) is 4.79 Å². The normalized spacial score (nSPS) is 25.9. The first-order valence-electron chi connectivity index (χ1n) is 7.63. The Morgan fingerprint density at radius 1 is 1.38 bits per heavy atom. The van der Waals surface area contributed by atoms with Gasteiger partial charge in [-0.05, 0) is 30.5 Å². The van der Waals surface area contributed by atoms with E-state index in [0.29, 0.717) is 0 Å². The molecule has 21 heavy (non-hydrogen) atoms. The summed E-state index contributed by atoms with van der Waals surface area (Å²) in [4.78, 5) is 15.4. The van der Waals surface area contributed by atoms with E-state index in [4.69, 9.17) is 4.74 Å². The number of H-pyrrole nitrogens is 1. The molecule has 0 radical (unpaired) electrons. The van der Waals surface area contributed by atoms with E-state index in [-0.39, 0.29) is 23.8 Å². The van der Waals surface area contributed by atoms with Gasteiger partial charge < -0.3 is 15.0 Å². The second-order valence-electron chi connectivity index (χ2n) is 5.71. The van der Waals surface area contributed by atoms with Crippen LogP contribution in [0.5, 0.6) is 0 Å². The molecular formula is C17H22N2O2. The summed E-state index contributed by atoms with van der Waals surface area (Å²) in [5.74, 6) is 0.179. The first-order valence-corrected chi connectivity index (χ1v) is 7.63. The molecule has 1 saturated heterocycles. The number of para-hydroxylation sites is 1. The Hall–Kier alpha value is -1.81. The van der Waals surface area contributed by atoms with Gasteiger partial charge >= 0.3 is 5.97 Å². The lowest BCUT2D eigenvalue weighted by atomic mass is 9.76. The lowest BCUT2D eigenvalue weighted by molar-refractivity contribution is -0.149. The Kier molecular flexibility index (Phi) is 3.97. The molecule has 4 heteroatoms. The van der Waals surface area contributed by atoms with Crippen LogP contribution < -0.4 is 5.32 Å². The summed E-state index contributed by atoms with van der Waals surface area (Å²) < 4.78 is 5.00. The molecule has 4 nitrogen and oxygen atoms in total. The minimum atomic E-state index is -0.0757. The standard InChI is InChI=1S/C17H22N2O2/c1-3-11-13(17(20)21-2)8-9-18-16(11)14-10-19-15-7-5-4-6-12(14)15/h4-7,10-11,13,16,18-19H,3,8-9H2,1-2H3/t11-,13-,16+/m0/s1. The van der Waals surface area contributed by atoms with Crippen molar-refractivity contribution in [3.8, 4) is 0 Å². The Morgan fingerprint density at radius 2 is 2.19 bits per heavy atom. The van der Waals surface area contributed by atoms with Gasteiger partial charge in [-0.2, -0.15) is 0 Å². The minimum Gasteiger partial charge on any atom is -0.469 e. The third-order valence-electron chi connectivity index (χ3n) is 4.70. The largest absolute Gasteiger partial charge is 0.469 e. The molecular weight excluding hydrogens is 264 g/mol. The SMILES string of the molecule is CC[C@H]1[C@@H](C(=O)OC)CCN[C@H]1c1c[nH]c2ccccc12. The van der Waals surface area contributed by atoms with Gasteiger partial charge in [-0.3, -0.25) is 4.79 Å². The second-order valence-corrected chi connectivity index (χ2v) is 5.71. The number of benzene rings is 1. The Morgan fingerprint density at radius 3 is 2.95 bits per heavy atom.